The second-order valence-electron chi connectivity index (χ2n) is 6.26. The predicted octanol–water partition coefficient (Wildman–Crippen LogP) is 2.82. The zero-order chi connectivity index (χ0) is 18.7. The summed E-state index contributed by atoms with van der Waals surface area (Å²) < 4.78 is 27.0. The fourth-order valence-electron chi connectivity index (χ4n) is 2.92. The summed E-state index contributed by atoms with van der Waals surface area (Å²) in [5.41, 5.74) is 0.928. The number of sulfonamides is 1. The van der Waals surface area contributed by atoms with Gasteiger partial charge in [0.15, 0.2) is 0 Å². The second-order valence-corrected chi connectivity index (χ2v) is 9.57. The molecule has 0 radical (unpaired) electrons. The maximum absolute atomic E-state index is 12.8. The van der Waals surface area contributed by atoms with Crippen LogP contribution in [0.5, 0.6) is 0 Å². The number of halogens is 1. The minimum atomic E-state index is -3.62. The Hall–Kier alpha value is -1.48. The van der Waals surface area contributed by atoms with Crippen LogP contribution in [-0.4, -0.2) is 36.7 Å². The molecule has 6 nitrogen and oxygen atoms in total. The van der Waals surface area contributed by atoms with Crippen molar-refractivity contribution in [2.45, 2.75) is 31.2 Å². The number of rotatable bonds is 5. The van der Waals surface area contributed by atoms with Crippen molar-refractivity contribution in [2.75, 3.05) is 13.1 Å². The van der Waals surface area contributed by atoms with Gasteiger partial charge in [0.05, 0.1) is 17.4 Å². The molecule has 2 aromatic rings. The standard InChI is InChI=1S/C17H20ClN3O3S2/c1-12-11-25-16(20-12)9-19-17(22)13-3-2-8-21(10-13)26(23,24)15-6-4-14(18)5-7-15/h4-7,11,13H,2-3,8-10H2,1H3,(H,19,22). The van der Waals surface area contributed by atoms with E-state index in [9.17, 15) is 13.2 Å². The van der Waals surface area contributed by atoms with E-state index in [-0.39, 0.29) is 23.3 Å². The summed E-state index contributed by atoms with van der Waals surface area (Å²) >= 11 is 7.33. The minimum absolute atomic E-state index is 0.131. The molecule has 0 spiro atoms. The quantitative estimate of drug-likeness (QED) is 0.817. The molecule has 1 fully saturated rings. The number of hydrogen-bond acceptors (Lipinski definition) is 5. The van der Waals surface area contributed by atoms with Gasteiger partial charge < -0.3 is 5.32 Å². The highest BCUT2D eigenvalue weighted by molar-refractivity contribution is 7.89. The van der Waals surface area contributed by atoms with Crippen LogP contribution in [0.4, 0.5) is 0 Å². The van der Waals surface area contributed by atoms with Gasteiger partial charge in [0, 0.05) is 29.2 Å². The molecule has 140 valence electrons. The molecular weight excluding hydrogens is 394 g/mol. The number of amides is 1. The molecule has 1 aliphatic heterocycles. The lowest BCUT2D eigenvalue weighted by Gasteiger charge is -2.31. The summed E-state index contributed by atoms with van der Waals surface area (Å²) in [6.45, 7) is 2.88. The zero-order valence-electron chi connectivity index (χ0n) is 14.3. The van der Waals surface area contributed by atoms with Crippen molar-refractivity contribution >= 4 is 38.9 Å². The van der Waals surface area contributed by atoms with Crippen molar-refractivity contribution in [2.24, 2.45) is 5.92 Å². The van der Waals surface area contributed by atoms with Crippen LogP contribution in [-0.2, 0) is 21.4 Å². The van der Waals surface area contributed by atoms with Crippen LogP contribution in [0.2, 0.25) is 5.02 Å². The van der Waals surface area contributed by atoms with Gasteiger partial charge in [-0.2, -0.15) is 4.31 Å². The lowest BCUT2D eigenvalue weighted by Crippen LogP contribution is -2.45. The first kappa shape index (κ1) is 19.3. The van der Waals surface area contributed by atoms with Gasteiger partial charge in [-0.25, -0.2) is 13.4 Å². The molecule has 2 heterocycles. The molecule has 1 N–H and O–H groups in total. The smallest absolute Gasteiger partial charge is 0.243 e. The number of thiazole rings is 1. The van der Waals surface area contributed by atoms with Crippen LogP contribution >= 0.6 is 22.9 Å². The number of benzene rings is 1. The number of nitrogens with one attached hydrogen (secondary N) is 1. The van der Waals surface area contributed by atoms with Crippen molar-refractivity contribution in [3.63, 3.8) is 0 Å². The molecule has 1 atom stereocenters. The lowest BCUT2D eigenvalue weighted by molar-refractivity contribution is -0.126. The monoisotopic (exact) mass is 413 g/mol. The van der Waals surface area contributed by atoms with E-state index < -0.39 is 10.0 Å². The third-order valence-electron chi connectivity index (χ3n) is 4.29. The zero-order valence-corrected chi connectivity index (χ0v) is 16.7. The summed E-state index contributed by atoms with van der Waals surface area (Å²) in [6, 6.07) is 6.09. The Morgan fingerprint density at radius 2 is 2.12 bits per heavy atom. The number of nitrogens with zero attached hydrogens (tertiary/aromatic N) is 2. The predicted molar refractivity (Wildman–Crippen MR) is 102 cm³/mol. The Balaban J connectivity index is 1.64. The molecule has 0 saturated carbocycles. The highest BCUT2D eigenvalue weighted by atomic mass is 35.5. The second kappa shape index (κ2) is 8.04. The summed E-state index contributed by atoms with van der Waals surface area (Å²) in [5.74, 6) is -0.485. The van der Waals surface area contributed by atoms with E-state index in [0.29, 0.717) is 31.0 Å². The van der Waals surface area contributed by atoms with Crippen molar-refractivity contribution < 1.29 is 13.2 Å². The Kier molecular flexibility index (Phi) is 5.96. The van der Waals surface area contributed by atoms with E-state index in [1.807, 2.05) is 12.3 Å². The molecular formula is C17H20ClN3O3S2. The van der Waals surface area contributed by atoms with Crippen molar-refractivity contribution in [3.05, 3.63) is 45.4 Å². The number of carbonyl (C=O) groups excluding carboxylic acids is 1. The number of carbonyl (C=O) groups is 1. The topological polar surface area (TPSA) is 79.4 Å². The average molecular weight is 414 g/mol. The molecule has 1 aliphatic rings. The van der Waals surface area contributed by atoms with Gasteiger partial charge in [-0.05, 0) is 44.0 Å². The van der Waals surface area contributed by atoms with E-state index in [0.717, 1.165) is 10.7 Å². The molecule has 1 amide bonds. The molecule has 1 aromatic heterocycles. The van der Waals surface area contributed by atoms with Crippen molar-refractivity contribution in [1.29, 1.82) is 0 Å². The van der Waals surface area contributed by atoms with E-state index in [4.69, 9.17) is 11.6 Å². The number of aromatic nitrogens is 1. The lowest BCUT2D eigenvalue weighted by atomic mass is 9.99. The fraction of sp³-hybridized carbons (Fsp3) is 0.412. The van der Waals surface area contributed by atoms with Gasteiger partial charge in [0.25, 0.3) is 0 Å². The molecule has 1 aromatic carbocycles. The highest BCUT2D eigenvalue weighted by Gasteiger charge is 2.33. The molecule has 3 rings (SSSR count). The highest BCUT2D eigenvalue weighted by Crippen LogP contribution is 2.25. The summed E-state index contributed by atoms with van der Waals surface area (Å²) in [4.78, 5) is 17.0. The van der Waals surface area contributed by atoms with Crippen LogP contribution in [0.15, 0.2) is 34.5 Å². The van der Waals surface area contributed by atoms with Crippen LogP contribution in [0.1, 0.15) is 23.5 Å². The Morgan fingerprint density at radius 3 is 2.77 bits per heavy atom. The first-order valence-electron chi connectivity index (χ1n) is 8.30. The summed E-state index contributed by atoms with van der Waals surface area (Å²) in [5, 5.41) is 6.13. The Bertz CT molecular complexity index is 881. The summed E-state index contributed by atoms with van der Waals surface area (Å²) in [7, 11) is -3.62. The van der Waals surface area contributed by atoms with Gasteiger partial charge in [0.1, 0.15) is 5.01 Å². The van der Waals surface area contributed by atoms with Crippen molar-refractivity contribution in [3.8, 4) is 0 Å². The minimum Gasteiger partial charge on any atom is -0.349 e. The molecule has 26 heavy (non-hydrogen) atoms. The van der Waals surface area contributed by atoms with Crippen molar-refractivity contribution in [1.82, 2.24) is 14.6 Å². The van der Waals surface area contributed by atoms with Gasteiger partial charge in [0.2, 0.25) is 15.9 Å². The molecule has 0 bridgehead atoms. The third kappa shape index (κ3) is 4.43. The SMILES string of the molecule is Cc1csc(CNC(=O)C2CCCN(S(=O)(=O)c3ccc(Cl)cc3)C2)n1. The number of hydrogen-bond donors (Lipinski definition) is 1. The number of aryl methyl sites for hydroxylation is 1. The maximum Gasteiger partial charge on any atom is 0.243 e. The normalized spacial score (nSPS) is 18.6. The van der Waals surface area contributed by atoms with E-state index in [2.05, 4.69) is 10.3 Å². The first-order chi connectivity index (χ1) is 12.4. The molecule has 1 saturated heterocycles. The van der Waals surface area contributed by atoms with Gasteiger partial charge in [-0.3, -0.25) is 4.79 Å². The fourth-order valence-corrected chi connectivity index (χ4v) is 5.28. The van der Waals surface area contributed by atoms with E-state index in [1.165, 1.54) is 27.8 Å². The molecule has 1 unspecified atom stereocenters. The molecule has 0 aliphatic carbocycles. The van der Waals surface area contributed by atoms with E-state index in [1.54, 1.807) is 12.1 Å². The van der Waals surface area contributed by atoms with Gasteiger partial charge in [-0.1, -0.05) is 11.6 Å². The van der Waals surface area contributed by atoms with Crippen LogP contribution in [0.25, 0.3) is 0 Å². The van der Waals surface area contributed by atoms with Crippen LogP contribution in [0.3, 0.4) is 0 Å². The van der Waals surface area contributed by atoms with Gasteiger partial charge in [-0.15, -0.1) is 11.3 Å². The Morgan fingerprint density at radius 1 is 1.38 bits per heavy atom. The Labute approximate surface area is 162 Å². The van der Waals surface area contributed by atoms with Gasteiger partial charge >= 0.3 is 0 Å². The maximum atomic E-state index is 12.8. The largest absolute Gasteiger partial charge is 0.349 e. The molecule has 9 heteroatoms. The first-order valence-corrected chi connectivity index (χ1v) is 11.0. The third-order valence-corrected chi connectivity index (χ3v) is 7.38. The number of piperidine rings is 1. The van der Waals surface area contributed by atoms with Crippen LogP contribution in [0, 0.1) is 12.8 Å². The van der Waals surface area contributed by atoms with Crippen LogP contribution < -0.4 is 5.32 Å². The summed E-state index contributed by atoms with van der Waals surface area (Å²) in [6.07, 6.45) is 1.33. The van der Waals surface area contributed by atoms with E-state index >= 15 is 0 Å². The average Bonchev–Trinajstić information content (AvgIpc) is 3.05.